The minimum absolute atomic E-state index is 0.0364. The minimum Gasteiger partial charge on any atom is -0.444 e. The third-order valence-electron chi connectivity index (χ3n) is 7.24. The van der Waals surface area contributed by atoms with Crippen molar-refractivity contribution in [3.8, 4) is 0 Å². The normalized spacial score (nSPS) is 12.1. The van der Waals surface area contributed by atoms with Crippen LogP contribution in [-0.2, 0) is 43.2 Å². The van der Waals surface area contributed by atoms with Gasteiger partial charge in [-0.2, -0.15) is 0 Å². The molecule has 0 fully saturated rings. The molecule has 4 aromatic carbocycles. The third-order valence-corrected chi connectivity index (χ3v) is 7.24. The van der Waals surface area contributed by atoms with Gasteiger partial charge in [0.1, 0.15) is 17.7 Å². The molecule has 0 radical (unpaired) electrons. The maximum absolute atomic E-state index is 14.2. The highest BCUT2D eigenvalue weighted by Gasteiger charge is 2.32. The van der Waals surface area contributed by atoms with Crippen molar-refractivity contribution < 1.29 is 33.4 Å². The number of benzene rings is 4. The van der Waals surface area contributed by atoms with E-state index in [4.69, 9.17) is 9.47 Å². The summed E-state index contributed by atoms with van der Waals surface area (Å²) >= 11 is 0. The predicted octanol–water partition coefficient (Wildman–Crippen LogP) is 5.26. The highest BCUT2D eigenvalue weighted by molar-refractivity contribution is 5.99. The van der Waals surface area contributed by atoms with Crippen LogP contribution >= 0.6 is 0 Å². The van der Waals surface area contributed by atoms with E-state index in [1.54, 1.807) is 63.2 Å². The van der Waals surface area contributed by atoms with Crippen LogP contribution in [0.3, 0.4) is 0 Å². The topological polar surface area (TPSA) is 131 Å². The Morgan fingerprint density at radius 1 is 0.633 bits per heavy atom. The van der Waals surface area contributed by atoms with Crippen LogP contribution in [0, 0.1) is 0 Å². The number of carbonyl (C=O) groups excluding carboxylic acids is 5. The Labute approximate surface area is 286 Å². The van der Waals surface area contributed by atoms with Crippen molar-refractivity contribution in [3.63, 3.8) is 0 Å². The van der Waals surface area contributed by atoms with Gasteiger partial charge in [0, 0.05) is 19.4 Å². The number of nitrogens with one attached hydrogen (secondary N) is 2. The fraction of sp³-hybridized carbons (Fsp3) is 0.256. The lowest BCUT2D eigenvalue weighted by molar-refractivity contribution is -0.143. The summed E-state index contributed by atoms with van der Waals surface area (Å²) in [5.41, 5.74) is 1.63. The van der Waals surface area contributed by atoms with E-state index in [1.165, 1.54) is 17.0 Å². The molecule has 10 heteroatoms. The van der Waals surface area contributed by atoms with Gasteiger partial charge in [-0.05, 0) is 49.6 Å². The molecule has 4 aromatic rings. The molecule has 49 heavy (non-hydrogen) atoms. The molecule has 2 atom stereocenters. The average Bonchev–Trinajstić information content (AvgIpc) is 3.08. The first-order valence-electron chi connectivity index (χ1n) is 16.0. The molecule has 0 aliphatic rings. The SMILES string of the molecule is CC(C)(C)OC(=O)N[C@@H](Cc1ccccc1)C(=O)N(CC(=O)N[C@@H](Cc1ccccc1)C(=O)OC(=O)c1ccccc1)Cc1ccccc1. The van der Waals surface area contributed by atoms with Crippen molar-refractivity contribution in [2.45, 2.75) is 57.8 Å². The monoisotopic (exact) mass is 663 g/mol. The van der Waals surface area contributed by atoms with Crippen molar-refractivity contribution in [1.29, 1.82) is 0 Å². The summed E-state index contributed by atoms with van der Waals surface area (Å²) in [5, 5.41) is 5.38. The Kier molecular flexibility index (Phi) is 12.8. The van der Waals surface area contributed by atoms with Gasteiger partial charge in [-0.1, -0.05) is 109 Å². The van der Waals surface area contributed by atoms with E-state index >= 15 is 0 Å². The number of alkyl carbamates (subject to hydrolysis) is 1. The predicted molar refractivity (Wildman–Crippen MR) is 184 cm³/mol. The second-order valence-electron chi connectivity index (χ2n) is 12.5. The molecule has 0 unspecified atom stereocenters. The molecule has 10 nitrogen and oxygen atoms in total. The molecule has 0 spiro atoms. The first-order valence-corrected chi connectivity index (χ1v) is 16.0. The standard InChI is InChI=1S/C39H41N3O7/c1-39(2,3)49-38(47)41-32(24-28-16-8-4-9-17-28)35(44)42(26-30-20-12-6-13-21-30)27-34(43)40-33(25-29-18-10-5-11-19-29)37(46)48-36(45)31-22-14-7-15-23-31/h4-23,32-33H,24-27H2,1-3H3,(H,40,43)(H,41,47)/t32-,33-/m0/s1. The molecule has 0 saturated heterocycles. The zero-order valence-electron chi connectivity index (χ0n) is 27.8. The third kappa shape index (κ3) is 12.1. The van der Waals surface area contributed by atoms with Crippen molar-refractivity contribution >= 4 is 29.8 Å². The second-order valence-corrected chi connectivity index (χ2v) is 12.5. The maximum atomic E-state index is 14.2. The van der Waals surface area contributed by atoms with Gasteiger partial charge in [0.05, 0.1) is 12.1 Å². The smallest absolute Gasteiger partial charge is 0.408 e. The number of hydrogen-bond acceptors (Lipinski definition) is 7. The first-order chi connectivity index (χ1) is 23.5. The fourth-order valence-corrected chi connectivity index (χ4v) is 4.99. The average molecular weight is 664 g/mol. The minimum atomic E-state index is -1.24. The van der Waals surface area contributed by atoms with Gasteiger partial charge in [0.15, 0.2) is 0 Å². The van der Waals surface area contributed by atoms with Gasteiger partial charge in [0.25, 0.3) is 0 Å². The molecular weight excluding hydrogens is 622 g/mol. The molecule has 2 N–H and O–H groups in total. The van der Waals surface area contributed by atoms with Crippen LogP contribution < -0.4 is 10.6 Å². The first kappa shape index (κ1) is 36.1. The van der Waals surface area contributed by atoms with E-state index in [0.29, 0.717) is 0 Å². The Bertz CT molecular complexity index is 1690. The lowest BCUT2D eigenvalue weighted by Gasteiger charge is -2.29. The van der Waals surface area contributed by atoms with Crippen LogP contribution in [0.25, 0.3) is 0 Å². The number of nitrogens with zero attached hydrogens (tertiary/aromatic N) is 1. The van der Waals surface area contributed by atoms with Crippen molar-refractivity contribution in [3.05, 3.63) is 144 Å². The number of rotatable bonds is 13. The Morgan fingerprint density at radius 2 is 1.10 bits per heavy atom. The lowest BCUT2D eigenvalue weighted by atomic mass is 10.0. The van der Waals surface area contributed by atoms with Crippen molar-refractivity contribution in [2.75, 3.05) is 6.54 Å². The zero-order chi connectivity index (χ0) is 35.2. The van der Waals surface area contributed by atoms with Crippen LogP contribution in [0.15, 0.2) is 121 Å². The molecule has 254 valence electrons. The van der Waals surface area contributed by atoms with Crippen LogP contribution in [0.4, 0.5) is 4.79 Å². The van der Waals surface area contributed by atoms with Crippen molar-refractivity contribution in [2.24, 2.45) is 0 Å². The van der Waals surface area contributed by atoms with Gasteiger partial charge in [-0.15, -0.1) is 0 Å². The van der Waals surface area contributed by atoms with Crippen LogP contribution in [0.1, 0.15) is 47.8 Å². The summed E-state index contributed by atoms with van der Waals surface area (Å²) in [5.74, 6) is -2.99. The second kappa shape index (κ2) is 17.4. The molecular formula is C39H41N3O7. The summed E-state index contributed by atoms with van der Waals surface area (Å²) in [6, 6.07) is 33.0. The highest BCUT2D eigenvalue weighted by Crippen LogP contribution is 2.14. The highest BCUT2D eigenvalue weighted by atomic mass is 16.6. The summed E-state index contributed by atoms with van der Waals surface area (Å²) in [6.45, 7) is 4.74. The summed E-state index contributed by atoms with van der Waals surface area (Å²) in [6.07, 6.45) is -0.604. The van der Waals surface area contributed by atoms with Gasteiger partial charge in [0.2, 0.25) is 11.8 Å². The van der Waals surface area contributed by atoms with Crippen molar-refractivity contribution in [1.82, 2.24) is 15.5 Å². The molecule has 0 bridgehead atoms. The summed E-state index contributed by atoms with van der Waals surface area (Å²) in [7, 11) is 0. The molecule has 4 rings (SSSR count). The van der Waals surface area contributed by atoms with E-state index in [-0.39, 0.29) is 24.9 Å². The largest absolute Gasteiger partial charge is 0.444 e. The summed E-state index contributed by atoms with van der Waals surface area (Å²) in [4.78, 5) is 68.2. The molecule has 0 aliphatic heterocycles. The number of hydrogen-bond donors (Lipinski definition) is 2. The van der Waals surface area contributed by atoms with E-state index in [2.05, 4.69) is 10.6 Å². The van der Waals surface area contributed by atoms with Gasteiger partial charge < -0.3 is 25.0 Å². The quantitative estimate of drug-likeness (QED) is 0.147. The van der Waals surface area contributed by atoms with Gasteiger partial charge in [-0.3, -0.25) is 9.59 Å². The Hall–Kier alpha value is -5.77. The summed E-state index contributed by atoms with van der Waals surface area (Å²) < 4.78 is 10.6. The van der Waals surface area contributed by atoms with Crippen LogP contribution in [0.5, 0.6) is 0 Å². The maximum Gasteiger partial charge on any atom is 0.408 e. The van der Waals surface area contributed by atoms with E-state index in [9.17, 15) is 24.0 Å². The fourth-order valence-electron chi connectivity index (χ4n) is 4.99. The van der Waals surface area contributed by atoms with Crippen LogP contribution in [-0.4, -0.2) is 59.0 Å². The van der Waals surface area contributed by atoms with E-state index in [1.807, 2.05) is 66.7 Å². The lowest BCUT2D eigenvalue weighted by Crippen LogP contribution is -2.54. The van der Waals surface area contributed by atoms with Gasteiger partial charge >= 0.3 is 18.0 Å². The van der Waals surface area contributed by atoms with E-state index < -0.39 is 54.1 Å². The van der Waals surface area contributed by atoms with Gasteiger partial charge in [-0.25, -0.2) is 14.4 Å². The Balaban J connectivity index is 1.58. The van der Waals surface area contributed by atoms with Crippen LogP contribution in [0.2, 0.25) is 0 Å². The number of esters is 2. The molecule has 0 aliphatic carbocycles. The molecule has 3 amide bonds. The number of amides is 3. The Morgan fingerprint density at radius 3 is 1.61 bits per heavy atom. The zero-order valence-corrected chi connectivity index (χ0v) is 27.8. The molecule has 0 aromatic heterocycles. The number of carbonyl (C=O) groups is 5. The van der Waals surface area contributed by atoms with E-state index in [0.717, 1.165) is 16.7 Å². The molecule has 0 heterocycles. The number of ether oxygens (including phenoxy) is 2. The molecule has 0 saturated carbocycles.